The molecular weight excluding hydrogens is 280 g/mol. The minimum absolute atomic E-state index is 0.0819. The van der Waals surface area contributed by atoms with Gasteiger partial charge < -0.3 is 15.2 Å². The van der Waals surface area contributed by atoms with Crippen molar-refractivity contribution < 1.29 is 14.6 Å². The first kappa shape index (κ1) is 14.2. The second kappa shape index (κ2) is 6.29. The van der Waals surface area contributed by atoms with Crippen molar-refractivity contribution >= 4 is 23.3 Å². The van der Waals surface area contributed by atoms with Gasteiger partial charge in [0.15, 0.2) is 5.69 Å². The van der Waals surface area contributed by atoms with Crippen LogP contribution in [-0.4, -0.2) is 39.7 Å². The van der Waals surface area contributed by atoms with Gasteiger partial charge in [0.2, 0.25) is 11.8 Å². The molecular formula is C12H14N4O3S. The van der Waals surface area contributed by atoms with E-state index in [1.807, 2.05) is 6.92 Å². The Morgan fingerprint density at radius 3 is 2.90 bits per heavy atom. The Morgan fingerprint density at radius 1 is 1.45 bits per heavy atom. The quantitative estimate of drug-likeness (QED) is 0.835. The molecule has 0 aliphatic carbocycles. The number of nitrogens with one attached hydrogen (secondary N) is 1. The van der Waals surface area contributed by atoms with Crippen LogP contribution in [0.3, 0.4) is 0 Å². The van der Waals surface area contributed by atoms with Crippen LogP contribution in [0.4, 0.5) is 5.95 Å². The Bertz CT molecular complexity index is 614. The molecule has 0 fully saturated rings. The third kappa shape index (κ3) is 3.64. The van der Waals surface area contributed by atoms with E-state index in [2.05, 4.69) is 20.3 Å². The first-order chi connectivity index (χ1) is 9.58. The lowest BCUT2D eigenvalue weighted by Gasteiger charge is -2.06. The number of carbonyl (C=O) groups is 1. The Labute approximate surface area is 119 Å². The van der Waals surface area contributed by atoms with Crippen LogP contribution in [0.25, 0.3) is 0 Å². The second-order valence-corrected chi connectivity index (χ2v) is 4.93. The number of carboxylic acid groups (broad SMARTS) is 1. The fourth-order valence-electron chi connectivity index (χ4n) is 1.53. The predicted octanol–water partition coefficient (Wildman–Crippen LogP) is 1.60. The van der Waals surface area contributed by atoms with Crippen molar-refractivity contribution in [3.05, 3.63) is 27.8 Å². The van der Waals surface area contributed by atoms with Gasteiger partial charge in [-0.2, -0.15) is 4.98 Å². The van der Waals surface area contributed by atoms with Gasteiger partial charge >= 0.3 is 5.97 Å². The minimum Gasteiger partial charge on any atom is -0.481 e. The van der Waals surface area contributed by atoms with Crippen LogP contribution < -0.4 is 10.1 Å². The molecule has 0 saturated heterocycles. The summed E-state index contributed by atoms with van der Waals surface area (Å²) in [6.07, 6.45) is 0.609. The lowest BCUT2D eigenvalue weighted by molar-refractivity contribution is 0.0691. The number of carboxylic acids is 1. The summed E-state index contributed by atoms with van der Waals surface area (Å²) in [5.41, 5.74) is 0.889. The van der Waals surface area contributed by atoms with E-state index in [4.69, 9.17) is 9.84 Å². The molecule has 106 valence electrons. The normalized spacial score (nSPS) is 10.3. The van der Waals surface area contributed by atoms with Gasteiger partial charge in [-0.05, 0) is 6.92 Å². The highest BCUT2D eigenvalue weighted by Gasteiger charge is 2.08. The highest BCUT2D eigenvalue weighted by atomic mass is 32.1. The Balaban J connectivity index is 1.92. The molecule has 0 bridgehead atoms. The molecule has 0 unspecified atom stereocenters. The van der Waals surface area contributed by atoms with Crippen LogP contribution in [0.15, 0.2) is 11.4 Å². The van der Waals surface area contributed by atoms with Gasteiger partial charge in [-0.15, -0.1) is 11.3 Å². The zero-order valence-electron chi connectivity index (χ0n) is 11.1. The minimum atomic E-state index is -1.01. The van der Waals surface area contributed by atoms with Crippen LogP contribution in [0.5, 0.6) is 5.88 Å². The summed E-state index contributed by atoms with van der Waals surface area (Å²) in [4.78, 5) is 23.1. The second-order valence-electron chi connectivity index (χ2n) is 3.98. The van der Waals surface area contributed by atoms with Crippen LogP contribution in [0.2, 0.25) is 0 Å². The van der Waals surface area contributed by atoms with E-state index in [0.717, 1.165) is 10.7 Å². The summed E-state index contributed by atoms with van der Waals surface area (Å²) in [6.45, 7) is 2.43. The van der Waals surface area contributed by atoms with Crippen molar-refractivity contribution in [2.75, 3.05) is 19.0 Å². The SMILES string of the molecule is COc1cc(C)nc(NCCc2nc(C(=O)O)cs2)n1. The molecule has 2 aromatic rings. The number of thiazole rings is 1. The molecule has 2 N–H and O–H groups in total. The average molecular weight is 294 g/mol. The summed E-state index contributed by atoms with van der Waals surface area (Å²) in [5, 5.41) is 14.1. The maximum absolute atomic E-state index is 10.7. The molecule has 8 heteroatoms. The molecule has 2 aromatic heterocycles. The number of hydrogen-bond donors (Lipinski definition) is 2. The molecule has 20 heavy (non-hydrogen) atoms. The van der Waals surface area contributed by atoms with Gasteiger partial charge in [-0.3, -0.25) is 0 Å². The largest absolute Gasteiger partial charge is 0.481 e. The number of hydrogen-bond acceptors (Lipinski definition) is 7. The van der Waals surface area contributed by atoms with Crippen LogP contribution in [-0.2, 0) is 6.42 Å². The number of anilines is 1. The lowest BCUT2D eigenvalue weighted by atomic mass is 10.4. The topological polar surface area (TPSA) is 97.2 Å². The first-order valence-corrected chi connectivity index (χ1v) is 6.77. The number of methoxy groups -OCH3 is 1. The molecule has 0 aliphatic heterocycles. The molecule has 0 spiro atoms. The van der Waals surface area contributed by atoms with E-state index in [9.17, 15) is 4.79 Å². The van der Waals surface area contributed by atoms with Gasteiger partial charge in [0, 0.05) is 30.1 Å². The summed E-state index contributed by atoms with van der Waals surface area (Å²) < 4.78 is 5.06. The van der Waals surface area contributed by atoms with E-state index in [0.29, 0.717) is 24.8 Å². The maximum atomic E-state index is 10.7. The number of aromatic carboxylic acids is 1. The fourth-order valence-corrected chi connectivity index (χ4v) is 2.30. The number of nitrogens with zero attached hydrogens (tertiary/aromatic N) is 3. The van der Waals surface area contributed by atoms with Crippen molar-refractivity contribution in [2.24, 2.45) is 0 Å². The smallest absolute Gasteiger partial charge is 0.355 e. The number of rotatable bonds is 6. The van der Waals surface area contributed by atoms with Crippen LogP contribution in [0, 0.1) is 6.92 Å². The summed E-state index contributed by atoms with van der Waals surface area (Å²) in [6, 6.07) is 1.74. The zero-order valence-corrected chi connectivity index (χ0v) is 11.9. The molecule has 0 aromatic carbocycles. The maximum Gasteiger partial charge on any atom is 0.355 e. The van der Waals surface area contributed by atoms with Crippen molar-refractivity contribution in [3.63, 3.8) is 0 Å². The summed E-state index contributed by atoms with van der Waals surface area (Å²) in [5.74, 6) is -0.0218. The van der Waals surface area contributed by atoms with E-state index in [1.54, 1.807) is 13.2 Å². The van der Waals surface area contributed by atoms with Gasteiger partial charge in [0.1, 0.15) is 0 Å². The zero-order chi connectivity index (χ0) is 14.5. The number of aryl methyl sites for hydroxylation is 1. The Morgan fingerprint density at radius 2 is 2.25 bits per heavy atom. The third-order valence-corrected chi connectivity index (χ3v) is 3.34. The molecule has 2 rings (SSSR count). The van der Waals surface area contributed by atoms with Gasteiger partial charge in [0.25, 0.3) is 0 Å². The Hall–Kier alpha value is -2.22. The van der Waals surface area contributed by atoms with Crippen molar-refractivity contribution in [3.8, 4) is 5.88 Å². The molecule has 0 aliphatic rings. The third-order valence-electron chi connectivity index (χ3n) is 2.43. The standard InChI is InChI=1S/C12H14N4O3S/c1-7-5-9(19-2)16-12(14-7)13-4-3-10-15-8(6-20-10)11(17)18/h5-6H,3-4H2,1-2H3,(H,17,18)(H,13,14,16). The van der Waals surface area contributed by atoms with Gasteiger partial charge in [0.05, 0.1) is 12.1 Å². The highest BCUT2D eigenvalue weighted by Crippen LogP contribution is 2.13. The number of ether oxygens (including phenoxy) is 1. The first-order valence-electron chi connectivity index (χ1n) is 5.89. The van der Waals surface area contributed by atoms with Crippen molar-refractivity contribution in [2.45, 2.75) is 13.3 Å². The van der Waals surface area contributed by atoms with E-state index in [-0.39, 0.29) is 5.69 Å². The van der Waals surface area contributed by atoms with E-state index >= 15 is 0 Å². The fraction of sp³-hybridized carbons (Fsp3) is 0.333. The van der Waals surface area contributed by atoms with Gasteiger partial charge in [-0.25, -0.2) is 14.8 Å². The molecule has 2 heterocycles. The molecule has 0 amide bonds. The van der Waals surface area contributed by atoms with Gasteiger partial charge in [-0.1, -0.05) is 0 Å². The predicted molar refractivity (Wildman–Crippen MR) is 74.6 cm³/mol. The van der Waals surface area contributed by atoms with E-state index < -0.39 is 5.97 Å². The molecule has 0 atom stereocenters. The van der Waals surface area contributed by atoms with Crippen LogP contribution in [0.1, 0.15) is 21.2 Å². The van der Waals surface area contributed by atoms with Crippen molar-refractivity contribution in [1.29, 1.82) is 0 Å². The number of aromatic nitrogens is 3. The Kier molecular flexibility index (Phi) is 4.46. The van der Waals surface area contributed by atoms with Crippen LogP contribution >= 0.6 is 11.3 Å². The highest BCUT2D eigenvalue weighted by molar-refractivity contribution is 7.09. The average Bonchev–Trinajstić information content (AvgIpc) is 2.87. The molecule has 7 nitrogen and oxygen atoms in total. The summed E-state index contributed by atoms with van der Waals surface area (Å²) >= 11 is 1.33. The summed E-state index contributed by atoms with van der Waals surface area (Å²) in [7, 11) is 1.55. The monoisotopic (exact) mass is 294 g/mol. The molecule has 0 saturated carbocycles. The van der Waals surface area contributed by atoms with Crippen molar-refractivity contribution in [1.82, 2.24) is 15.0 Å². The van der Waals surface area contributed by atoms with E-state index in [1.165, 1.54) is 16.7 Å². The lowest BCUT2D eigenvalue weighted by Crippen LogP contribution is -2.09. The molecule has 0 radical (unpaired) electrons.